The first-order valence-electron chi connectivity index (χ1n) is 46.8. The number of ether oxygens (including phenoxy) is 16. The highest BCUT2D eigenvalue weighted by atomic mass is 16.8. The first-order valence-corrected chi connectivity index (χ1v) is 46.8. The van der Waals surface area contributed by atoms with Crippen molar-refractivity contribution in [1.82, 2.24) is 31.9 Å². The number of aliphatic hydroxyl groups excluding tert-OH is 26. The van der Waals surface area contributed by atoms with Gasteiger partial charge in [-0.3, -0.25) is 38.4 Å². The van der Waals surface area contributed by atoms with E-state index in [1.54, 1.807) is 6.92 Å². The Morgan fingerprint density at radius 2 is 0.564 bits per heavy atom. The van der Waals surface area contributed by atoms with E-state index < -0.39 is 340 Å². The van der Waals surface area contributed by atoms with Gasteiger partial charge < -0.3 is 240 Å². The molecule has 8 aliphatic rings. The standard InChI is InChI=1S/C43H74N2O25.C41H72N4O25/c1-3-7-20(48)8-4-5-10-26(50)45-22(12-11-21(49)9-6-14-63-40-34(58)31(55)27(51)19(2)66-40)39(62)44-13-15-64-42-37(61)38(70-43-36(60)33(57)29(53)24(17-47)68-43)30(54)25(69-42)18-65-41-35(59)32(56)28(52)23(16-46)67-41;1-3-42-22(48)6-4-5-7-24(50)45-18(8-9-23(49)43-10-12-63-38-32(58)29(55)25(51)17(2)66-38)37(62)44-11-13-64-40-35(61)36(70-41-34(60)31(57)27(53)20(15-47)68-41)28(54)21(69-40)16-65-39-33(59)30(56)26(52)19(14-46)67-39/h19,22-25,27-38,40-43,46-47,51-61H,3-18H2,1-2H3,(H,44,62)(H,45,50);17-21,25-36,38-41,46-47,51-61H,3-16H2,1-2H3,(H,42,48)(H,43,49)(H,44,62)(H,45,50)/t19-,22-,23+,24+,25+,27+,28+,29+,30+,31+,32-,33-,34-,35-,36-,37-,38-,40+,41-,42-,43?;17-,18-,19+,20+,21+,25+,26+,27+,28+,29+,30-,31-,32-,33-,34-,35-,36-,38+,39-,40-,41+/m00/s1. The van der Waals surface area contributed by atoms with E-state index in [1.807, 2.05) is 6.92 Å². The van der Waals surface area contributed by atoms with E-state index in [2.05, 4.69) is 31.9 Å². The SMILES string of the molecule is CCCC(=O)CCCCC(=O)N[C@@H](CCC(=O)CCCO[C@@H]1O[C@@H](C)[C@@H](O)[C@@H](O)[C@@H]1O)C(=O)NCCO[C@H]1O[C@H](CO[C@H]2O[C@H](CO)[C@@H](O)[C@H](O)[C@@H]2O)[C@@H](O)[C@H](OC2O[C@H](CO)[C@@H](O)[C@H](O)[C@@H]2O)[C@@H]1O.CCNC(=O)CCCCC(=O)N[C@@H](CCC(=O)NCCO[C@@H]1O[C@@H](C)[C@@H](O)[C@@H](O)[C@@H]1O)C(=O)NCCO[C@H]1O[C@H](CO[C@H]2O[C@H](CO)[C@@H](O)[C@H](O)[C@@H]2O)[C@@H](O)[C@H](O[C@H]2O[C@H](CO)[C@@H](O)[C@H](O)[C@@H]2O)[C@@H]1O. The second-order valence-electron chi connectivity index (χ2n) is 35.1. The maximum absolute atomic E-state index is 13.5. The minimum Gasteiger partial charge on any atom is -0.394 e. The highest BCUT2D eigenvalue weighted by Crippen LogP contribution is 2.35. The van der Waals surface area contributed by atoms with Gasteiger partial charge in [0.25, 0.3) is 0 Å². The van der Waals surface area contributed by atoms with Crippen molar-refractivity contribution >= 4 is 47.0 Å². The van der Waals surface area contributed by atoms with Crippen molar-refractivity contribution in [2.45, 2.75) is 388 Å². The molecule has 140 heavy (non-hydrogen) atoms. The van der Waals surface area contributed by atoms with Crippen LogP contribution in [0.25, 0.3) is 0 Å². The summed E-state index contributed by atoms with van der Waals surface area (Å²) in [4.78, 5) is 102. The predicted molar refractivity (Wildman–Crippen MR) is 458 cm³/mol. The van der Waals surface area contributed by atoms with Crippen LogP contribution in [0.5, 0.6) is 0 Å². The minimum atomic E-state index is -1.98. The molecule has 0 bridgehead atoms. The van der Waals surface area contributed by atoms with Gasteiger partial charge in [0.1, 0.15) is 207 Å². The molecule has 0 aromatic heterocycles. The zero-order chi connectivity index (χ0) is 104. The number of carbonyl (C=O) groups excluding carboxylic acids is 8. The minimum absolute atomic E-state index is 0.0204. The van der Waals surface area contributed by atoms with Crippen LogP contribution in [0.15, 0.2) is 0 Å². The van der Waals surface area contributed by atoms with Crippen LogP contribution in [0, 0.1) is 0 Å². The molecule has 42 atom stereocenters. The first kappa shape index (κ1) is 121. The van der Waals surface area contributed by atoms with Crippen LogP contribution in [0.3, 0.4) is 0 Å². The molecule has 0 aliphatic carbocycles. The highest BCUT2D eigenvalue weighted by molar-refractivity contribution is 5.89. The van der Waals surface area contributed by atoms with Gasteiger partial charge in [0.2, 0.25) is 35.4 Å². The Kier molecular flexibility index (Phi) is 52.6. The average molecular weight is 2040 g/mol. The van der Waals surface area contributed by atoms with E-state index in [0.29, 0.717) is 51.5 Å². The van der Waals surface area contributed by atoms with E-state index in [9.17, 15) is 171 Å². The summed E-state index contributed by atoms with van der Waals surface area (Å²) in [6, 6.07) is -2.52. The van der Waals surface area contributed by atoms with Crippen LogP contribution >= 0.6 is 0 Å². The van der Waals surface area contributed by atoms with Crippen molar-refractivity contribution in [1.29, 1.82) is 0 Å². The number of rotatable bonds is 54. The fraction of sp³-hybridized carbons (Fsp3) is 0.905. The molecule has 56 nitrogen and oxygen atoms in total. The van der Waals surface area contributed by atoms with E-state index >= 15 is 0 Å². The maximum atomic E-state index is 13.5. The predicted octanol–water partition coefficient (Wildman–Crippen LogP) is -16.6. The lowest BCUT2D eigenvalue weighted by Crippen LogP contribution is -2.65. The number of nitrogens with one attached hydrogen (secondary N) is 6. The lowest BCUT2D eigenvalue weighted by atomic mass is 9.96. The molecule has 8 heterocycles. The molecule has 812 valence electrons. The van der Waals surface area contributed by atoms with Crippen LogP contribution in [0.1, 0.15) is 130 Å². The van der Waals surface area contributed by atoms with Gasteiger partial charge in [-0.25, -0.2) is 0 Å². The van der Waals surface area contributed by atoms with Crippen LogP contribution in [-0.2, 0) is 114 Å². The summed E-state index contributed by atoms with van der Waals surface area (Å²) in [7, 11) is 0. The Morgan fingerprint density at radius 1 is 0.271 bits per heavy atom. The average Bonchev–Trinajstić information content (AvgIpc) is 0.782. The molecule has 8 rings (SSSR count). The Balaban J connectivity index is 0.000000381. The third-order valence-electron chi connectivity index (χ3n) is 24.4. The summed E-state index contributed by atoms with van der Waals surface area (Å²) in [5, 5.41) is 284. The smallest absolute Gasteiger partial charge is 0.242 e. The summed E-state index contributed by atoms with van der Waals surface area (Å²) in [5.74, 6) is -3.59. The molecule has 0 radical (unpaired) electrons. The van der Waals surface area contributed by atoms with Crippen molar-refractivity contribution < 1.29 is 247 Å². The molecular weight excluding hydrogens is 1890 g/mol. The molecule has 32 N–H and O–H groups in total. The number of unbranched alkanes of at least 4 members (excludes halogenated alkanes) is 2. The lowest BCUT2D eigenvalue weighted by molar-refractivity contribution is -0.366. The number of hydrogen-bond acceptors (Lipinski definition) is 50. The molecule has 0 aromatic rings. The van der Waals surface area contributed by atoms with Gasteiger partial charge in [-0.15, -0.1) is 0 Å². The van der Waals surface area contributed by atoms with Gasteiger partial charge in [0.05, 0.1) is 78.3 Å². The molecule has 8 aliphatic heterocycles. The van der Waals surface area contributed by atoms with Crippen LogP contribution in [0.4, 0.5) is 0 Å². The van der Waals surface area contributed by atoms with E-state index in [4.69, 9.17) is 75.8 Å². The summed E-state index contributed by atoms with van der Waals surface area (Å²) in [6.45, 7) is 0.507. The fourth-order valence-corrected chi connectivity index (χ4v) is 16.0. The van der Waals surface area contributed by atoms with Crippen LogP contribution in [0.2, 0.25) is 0 Å². The van der Waals surface area contributed by atoms with Crippen LogP contribution < -0.4 is 31.9 Å². The van der Waals surface area contributed by atoms with Gasteiger partial charge in [-0.2, -0.15) is 0 Å². The second-order valence-corrected chi connectivity index (χ2v) is 35.1. The molecule has 0 saturated carbocycles. The number of Topliss-reactive ketones (excluding diaryl/α,β-unsaturated/α-hetero) is 2. The fourth-order valence-electron chi connectivity index (χ4n) is 16.0. The summed E-state index contributed by atoms with van der Waals surface area (Å²) >= 11 is 0. The summed E-state index contributed by atoms with van der Waals surface area (Å²) in [5.41, 5.74) is 0. The Bertz CT molecular complexity index is 3430. The summed E-state index contributed by atoms with van der Waals surface area (Å²) in [6.07, 6.45) is -63.6. The molecule has 0 aromatic carbocycles. The molecule has 56 heteroatoms. The third kappa shape index (κ3) is 35.4. The monoisotopic (exact) mass is 2040 g/mol. The Morgan fingerprint density at radius 3 is 0.936 bits per heavy atom. The number of ketones is 2. The number of carbonyl (C=O) groups is 8. The normalized spacial score (nSPS) is 38.4. The maximum Gasteiger partial charge on any atom is 0.242 e. The van der Waals surface area contributed by atoms with Crippen molar-refractivity contribution in [3.8, 4) is 0 Å². The molecule has 8 fully saturated rings. The summed E-state index contributed by atoms with van der Waals surface area (Å²) < 4.78 is 88.6. The van der Waals surface area contributed by atoms with Gasteiger partial charge in [0.15, 0.2) is 50.3 Å². The Labute approximate surface area is 803 Å². The van der Waals surface area contributed by atoms with Crippen LogP contribution in [-0.4, -0.2) is 530 Å². The van der Waals surface area contributed by atoms with Gasteiger partial charge in [-0.1, -0.05) is 6.92 Å². The zero-order valence-corrected chi connectivity index (χ0v) is 77.9. The second kappa shape index (κ2) is 60.7. The van der Waals surface area contributed by atoms with Gasteiger partial charge in [0, 0.05) is 77.5 Å². The molecule has 8 saturated heterocycles. The molecule has 6 amide bonds. The quantitative estimate of drug-likeness (QED) is 0.0251. The largest absolute Gasteiger partial charge is 0.394 e. The van der Waals surface area contributed by atoms with Gasteiger partial charge >= 0.3 is 0 Å². The third-order valence-corrected chi connectivity index (χ3v) is 24.4. The van der Waals surface area contributed by atoms with Crippen molar-refractivity contribution in [3.05, 3.63) is 0 Å². The highest BCUT2D eigenvalue weighted by Gasteiger charge is 2.56. The van der Waals surface area contributed by atoms with Crippen molar-refractivity contribution in [3.63, 3.8) is 0 Å². The number of hydrogen-bond donors (Lipinski definition) is 32. The molecule has 0 spiro atoms. The first-order chi connectivity index (χ1) is 66.5. The topological polar surface area (TPSA) is 882 Å². The van der Waals surface area contributed by atoms with E-state index in [0.717, 1.165) is 0 Å². The van der Waals surface area contributed by atoms with Crippen molar-refractivity contribution in [2.24, 2.45) is 0 Å². The molecule has 1 unspecified atom stereocenters. The lowest BCUT2D eigenvalue weighted by Gasteiger charge is -2.46. The Hall–Kier alpha value is -5.52. The van der Waals surface area contributed by atoms with Crippen molar-refractivity contribution in [2.75, 3.05) is 92.2 Å². The molecular formula is C84H146N6O50. The van der Waals surface area contributed by atoms with E-state index in [-0.39, 0.29) is 108 Å². The van der Waals surface area contributed by atoms with E-state index in [1.165, 1.54) is 13.8 Å². The number of aliphatic hydroxyl groups is 26. The zero-order valence-electron chi connectivity index (χ0n) is 77.9. The van der Waals surface area contributed by atoms with Gasteiger partial charge in [-0.05, 0) is 72.1 Å². The number of amides is 6.